The minimum atomic E-state index is 0.468. The topological polar surface area (TPSA) is 112 Å². The van der Waals surface area contributed by atoms with Crippen molar-refractivity contribution in [2.75, 3.05) is 17.7 Å². The number of carbonyl (C=O) groups is 1. The van der Waals surface area contributed by atoms with E-state index in [0.717, 1.165) is 40.7 Å². The predicted molar refractivity (Wildman–Crippen MR) is 130 cm³/mol. The molecule has 0 radical (unpaired) electrons. The lowest BCUT2D eigenvalue weighted by atomic mass is 10.2. The number of anilines is 2. The van der Waals surface area contributed by atoms with Gasteiger partial charge < -0.3 is 20.6 Å². The summed E-state index contributed by atoms with van der Waals surface area (Å²) in [6, 6.07) is 15.2. The standard InChI is InChI=1S/C10H12N4O.C8H7N.C3H7N.C3H6/c1-13(6-15)7-3-4-9-8(5-7)12-10(11)14(9)2;1-7-3-2-4-8(5-7)6-9;1-2-3-4;1-3-2/h3-6H,1-2H3,(H2,11,12);2-5H,1H3;3-4H,2H2,1H3;3H,1H2,2H3. The van der Waals surface area contributed by atoms with Crippen LogP contribution in [0.3, 0.4) is 0 Å². The summed E-state index contributed by atoms with van der Waals surface area (Å²) in [6.07, 6.45) is 4.74. The molecule has 164 valence electrons. The van der Waals surface area contributed by atoms with Gasteiger partial charge >= 0.3 is 0 Å². The first kappa shape index (κ1) is 27.1. The van der Waals surface area contributed by atoms with Crippen LogP contribution in [0.1, 0.15) is 31.4 Å². The second kappa shape index (κ2) is 15.0. The fourth-order valence-corrected chi connectivity index (χ4v) is 2.20. The van der Waals surface area contributed by atoms with Crippen molar-refractivity contribution in [2.24, 2.45) is 7.05 Å². The highest BCUT2D eigenvalue weighted by Crippen LogP contribution is 2.21. The van der Waals surface area contributed by atoms with Gasteiger partial charge in [-0.3, -0.25) is 4.79 Å². The Bertz CT molecular complexity index is 1020. The maximum atomic E-state index is 10.6. The molecule has 3 rings (SSSR count). The first-order valence-electron chi connectivity index (χ1n) is 9.72. The van der Waals surface area contributed by atoms with Gasteiger partial charge in [0.05, 0.1) is 22.7 Å². The van der Waals surface area contributed by atoms with Crippen LogP contribution in [0.5, 0.6) is 0 Å². The number of allylic oxidation sites excluding steroid dienone is 1. The molecule has 0 fully saturated rings. The first-order valence-corrected chi connectivity index (χ1v) is 9.72. The summed E-state index contributed by atoms with van der Waals surface area (Å²) in [6.45, 7) is 9.16. The molecular formula is C24H32N6O. The molecule has 31 heavy (non-hydrogen) atoms. The fraction of sp³-hybridized carbons (Fsp3) is 0.250. The maximum absolute atomic E-state index is 10.6. The van der Waals surface area contributed by atoms with E-state index in [-0.39, 0.29) is 0 Å². The van der Waals surface area contributed by atoms with Crippen LogP contribution in [0.2, 0.25) is 0 Å². The van der Waals surface area contributed by atoms with Crippen molar-refractivity contribution in [3.63, 3.8) is 0 Å². The van der Waals surface area contributed by atoms with E-state index in [2.05, 4.69) is 17.6 Å². The van der Waals surface area contributed by atoms with E-state index in [1.54, 1.807) is 23.8 Å². The Morgan fingerprint density at radius 1 is 1.32 bits per heavy atom. The predicted octanol–water partition coefficient (Wildman–Crippen LogP) is 4.85. The molecule has 7 heteroatoms. The number of hydrogen-bond donors (Lipinski definition) is 2. The van der Waals surface area contributed by atoms with E-state index in [0.29, 0.717) is 5.95 Å². The number of rotatable bonds is 3. The molecule has 0 atom stereocenters. The zero-order valence-corrected chi connectivity index (χ0v) is 19.0. The molecule has 1 amide bonds. The summed E-state index contributed by atoms with van der Waals surface area (Å²) in [5.41, 5.74) is 10.1. The number of nitrogen functional groups attached to an aromatic ring is 1. The molecule has 3 N–H and O–H groups in total. The zero-order chi connectivity index (χ0) is 23.8. The summed E-state index contributed by atoms with van der Waals surface area (Å²) in [5.74, 6) is 0.468. The highest BCUT2D eigenvalue weighted by Gasteiger charge is 2.06. The molecule has 0 spiro atoms. The third kappa shape index (κ3) is 9.41. The average molecular weight is 421 g/mol. The molecule has 0 aliphatic heterocycles. The third-order valence-electron chi connectivity index (χ3n) is 3.82. The number of hydrogen-bond acceptors (Lipinski definition) is 5. The van der Waals surface area contributed by atoms with Gasteiger partial charge in [0.25, 0.3) is 0 Å². The molecule has 0 unspecified atom stereocenters. The summed E-state index contributed by atoms with van der Waals surface area (Å²) in [5, 5.41) is 14.7. The molecule has 1 aromatic heterocycles. The Hall–Kier alpha value is -3.92. The van der Waals surface area contributed by atoms with E-state index in [9.17, 15) is 4.79 Å². The number of nitrogens with zero attached hydrogens (tertiary/aromatic N) is 4. The van der Waals surface area contributed by atoms with Crippen molar-refractivity contribution < 1.29 is 4.79 Å². The number of nitrogens with one attached hydrogen (secondary N) is 1. The second-order valence-electron chi connectivity index (χ2n) is 6.42. The van der Waals surface area contributed by atoms with Crippen molar-refractivity contribution in [2.45, 2.75) is 27.2 Å². The van der Waals surface area contributed by atoms with Crippen molar-refractivity contribution in [1.29, 1.82) is 10.7 Å². The van der Waals surface area contributed by atoms with Gasteiger partial charge in [0.2, 0.25) is 12.4 Å². The van der Waals surface area contributed by atoms with Crippen LogP contribution >= 0.6 is 0 Å². The van der Waals surface area contributed by atoms with E-state index >= 15 is 0 Å². The lowest BCUT2D eigenvalue weighted by Gasteiger charge is -2.09. The largest absolute Gasteiger partial charge is 0.369 e. The Labute approximate surface area is 184 Å². The molecule has 2 aromatic carbocycles. The third-order valence-corrected chi connectivity index (χ3v) is 3.82. The van der Waals surface area contributed by atoms with Crippen molar-refractivity contribution in [1.82, 2.24) is 9.55 Å². The molecular weight excluding hydrogens is 388 g/mol. The molecule has 7 nitrogen and oxygen atoms in total. The Balaban J connectivity index is 0.000000477. The summed E-state index contributed by atoms with van der Waals surface area (Å²) in [7, 11) is 3.55. The molecule has 0 bridgehead atoms. The number of nitriles is 1. The Morgan fingerprint density at radius 3 is 2.39 bits per heavy atom. The minimum Gasteiger partial charge on any atom is -0.369 e. The van der Waals surface area contributed by atoms with Crippen LogP contribution in [-0.2, 0) is 11.8 Å². The molecule has 3 aromatic rings. The van der Waals surface area contributed by atoms with Crippen molar-refractivity contribution in [3.05, 3.63) is 66.2 Å². The van der Waals surface area contributed by atoms with Crippen LogP contribution in [0.15, 0.2) is 55.1 Å². The number of amides is 1. The number of fused-ring (bicyclic) bond motifs is 1. The van der Waals surface area contributed by atoms with E-state index in [1.165, 1.54) is 11.1 Å². The second-order valence-corrected chi connectivity index (χ2v) is 6.42. The van der Waals surface area contributed by atoms with Crippen LogP contribution in [-0.4, -0.2) is 29.2 Å². The van der Waals surface area contributed by atoms with E-state index in [4.69, 9.17) is 16.4 Å². The summed E-state index contributed by atoms with van der Waals surface area (Å²) < 4.78 is 1.81. The van der Waals surface area contributed by atoms with Gasteiger partial charge in [0, 0.05) is 19.8 Å². The lowest BCUT2D eigenvalue weighted by molar-refractivity contribution is -0.107. The zero-order valence-electron chi connectivity index (χ0n) is 19.0. The van der Waals surface area contributed by atoms with Crippen molar-refractivity contribution >= 4 is 35.3 Å². The van der Waals surface area contributed by atoms with Crippen LogP contribution < -0.4 is 10.6 Å². The lowest BCUT2D eigenvalue weighted by Crippen LogP contribution is -2.13. The number of aryl methyl sites for hydroxylation is 2. The molecule has 1 heterocycles. The number of aromatic nitrogens is 2. The van der Waals surface area contributed by atoms with Gasteiger partial charge in [-0.25, -0.2) is 4.98 Å². The smallest absolute Gasteiger partial charge is 0.213 e. The van der Waals surface area contributed by atoms with Crippen molar-refractivity contribution in [3.8, 4) is 6.07 Å². The van der Waals surface area contributed by atoms with Crippen LogP contribution in [0.25, 0.3) is 11.0 Å². The van der Waals surface area contributed by atoms with E-state index in [1.807, 2.05) is 64.2 Å². The monoisotopic (exact) mass is 420 g/mol. The van der Waals surface area contributed by atoms with E-state index < -0.39 is 0 Å². The normalized spacial score (nSPS) is 8.77. The summed E-state index contributed by atoms with van der Waals surface area (Å²) >= 11 is 0. The molecule has 0 saturated carbocycles. The highest BCUT2D eigenvalue weighted by molar-refractivity contribution is 5.85. The van der Waals surface area contributed by atoms with Gasteiger partial charge in [-0.2, -0.15) is 5.26 Å². The minimum absolute atomic E-state index is 0.468. The van der Waals surface area contributed by atoms with Gasteiger partial charge in [-0.1, -0.05) is 25.1 Å². The van der Waals surface area contributed by atoms with Crippen LogP contribution in [0.4, 0.5) is 11.6 Å². The Morgan fingerprint density at radius 2 is 1.94 bits per heavy atom. The van der Waals surface area contributed by atoms with Gasteiger partial charge in [-0.05, 0) is 62.4 Å². The molecule has 0 aliphatic carbocycles. The first-order chi connectivity index (χ1) is 14.8. The maximum Gasteiger partial charge on any atom is 0.213 e. The number of benzene rings is 2. The fourth-order valence-electron chi connectivity index (χ4n) is 2.20. The average Bonchev–Trinajstić information content (AvgIpc) is 3.07. The quantitative estimate of drug-likeness (QED) is 0.358. The Kier molecular flexibility index (Phi) is 13.1. The molecule has 0 saturated heterocycles. The highest BCUT2D eigenvalue weighted by atomic mass is 16.1. The van der Waals surface area contributed by atoms with Crippen LogP contribution in [0, 0.1) is 23.7 Å². The summed E-state index contributed by atoms with van der Waals surface area (Å²) in [4.78, 5) is 16.3. The number of carbonyl (C=O) groups excluding carboxylic acids is 1. The molecule has 0 aliphatic rings. The number of imidazole rings is 1. The van der Waals surface area contributed by atoms with Gasteiger partial charge in [0.15, 0.2) is 0 Å². The van der Waals surface area contributed by atoms with Gasteiger partial charge in [0.1, 0.15) is 0 Å². The number of nitrogens with two attached hydrogens (primary N) is 1. The van der Waals surface area contributed by atoms with Gasteiger partial charge in [-0.15, -0.1) is 6.58 Å². The SMILES string of the molecule is C=CC.CCC=N.CN(C=O)c1ccc2c(c1)nc(N)n2C.Cc1cccc(C#N)c1.